The predicted octanol–water partition coefficient (Wildman–Crippen LogP) is 0.413. The van der Waals surface area contributed by atoms with Crippen molar-refractivity contribution in [3.8, 4) is 0 Å². The van der Waals surface area contributed by atoms with Crippen molar-refractivity contribution in [3.05, 3.63) is 0 Å². The first-order valence-corrected chi connectivity index (χ1v) is 5.47. The molecule has 5 heteroatoms. The number of cyclic esters (lactones) is 1. The second kappa shape index (κ2) is 4.37. The van der Waals surface area contributed by atoms with Gasteiger partial charge in [-0.05, 0) is 19.3 Å². The average Bonchev–Trinajstić information content (AvgIpc) is 2.84. The van der Waals surface area contributed by atoms with Crippen molar-refractivity contribution in [2.75, 3.05) is 6.61 Å². The van der Waals surface area contributed by atoms with E-state index in [1.54, 1.807) is 0 Å². The highest BCUT2D eigenvalue weighted by molar-refractivity contribution is 5.69. The molecule has 1 amide bonds. The minimum Gasteiger partial charge on any atom is -0.447 e. The Bertz CT molecular complexity index is 246. The average molecular weight is 215 g/mol. The van der Waals surface area contributed by atoms with Crippen LogP contribution in [-0.2, 0) is 9.47 Å². The quantitative estimate of drug-likeness (QED) is 0.715. The maximum atomic E-state index is 10.8. The van der Waals surface area contributed by atoms with Gasteiger partial charge in [0, 0.05) is 0 Å². The van der Waals surface area contributed by atoms with Crippen LogP contribution in [0.2, 0.25) is 0 Å². The number of nitrogens with one attached hydrogen (secondary N) is 1. The molecule has 0 bridgehead atoms. The predicted molar refractivity (Wildman–Crippen MR) is 52.5 cm³/mol. The van der Waals surface area contributed by atoms with Crippen molar-refractivity contribution in [1.82, 2.24) is 5.32 Å². The van der Waals surface area contributed by atoms with Crippen LogP contribution in [0.15, 0.2) is 0 Å². The van der Waals surface area contributed by atoms with E-state index in [0.717, 1.165) is 12.8 Å². The monoisotopic (exact) mass is 215 g/mol. The van der Waals surface area contributed by atoms with Crippen LogP contribution in [0.25, 0.3) is 0 Å². The molecule has 86 valence electrons. The SMILES string of the molecule is CC[C@@H](O)[C@@H]1CC[C@H]([C@H]2COC(=O)N2)O1. The van der Waals surface area contributed by atoms with Gasteiger partial charge in [-0.1, -0.05) is 6.92 Å². The number of hydrogen-bond donors (Lipinski definition) is 2. The molecule has 2 aliphatic rings. The Balaban J connectivity index is 1.84. The third-order valence-corrected chi connectivity index (χ3v) is 3.08. The van der Waals surface area contributed by atoms with Gasteiger partial charge in [0.1, 0.15) is 6.61 Å². The first kappa shape index (κ1) is 10.7. The largest absolute Gasteiger partial charge is 0.447 e. The van der Waals surface area contributed by atoms with Gasteiger partial charge in [-0.2, -0.15) is 0 Å². The Morgan fingerprint density at radius 3 is 3.00 bits per heavy atom. The smallest absolute Gasteiger partial charge is 0.407 e. The van der Waals surface area contributed by atoms with E-state index < -0.39 is 6.10 Å². The molecule has 0 unspecified atom stereocenters. The molecule has 5 nitrogen and oxygen atoms in total. The Kier molecular flexibility index (Phi) is 3.11. The molecule has 2 heterocycles. The fraction of sp³-hybridized carbons (Fsp3) is 0.900. The van der Waals surface area contributed by atoms with E-state index in [9.17, 15) is 9.90 Å². The summed E-state index contributed by atoms with van der Waals surface area (Å²) >= 11 is 0. The Morgan fingerprint density at radius 1 is 1.60 bits per heavy atom. The van der Waals surface area contributed by atoms with Gasteiger partial charge in [-0.25, -0.2) is 4.79 Å². The van der Waals surface area contributed by atoms with E-state index in [2.05, 4.69) is 5.32 Å². The summed E-state index contributed by atoms with van der Waals surface area (Å²) in [4.78, 5) is 10.8. The van der Waals surface area contributed by atoms with Crippen molar-refractivity contribution in [3.63, 3.8) is 0 Å². The van der Waals surface area contributed by atoms with E-state index in [1.807, 2.05) is 6.92 Å². The molecule has 0 aliphatic carbocycles. The van der Waals surface area contributed by atoms with Gasteiger partial charge < -0.3 is 19.9 Å². The Labute approximate surface area is 88.7 Å². The Morgan fingerprint density at radius 2 is 2.40 bits per heavy atom. The molecule has 0 aromatic rings. The summed E-state index contributed by atoms with van der Waals surface area (Å²) in [5.41, 5.74) is 0. The van der Waals surface area contributed by atoms with Crippen LogP contribution in [0, 0.1) is 0 Å². The van der Waals surface area contributed by atoms with E-state index in [0.29, 0.717) is 13.0 Å². The number of ether oxygens (including phenoxy) is 2. The fourth-order valence-electron chi connectivity index (χ4n) is 2.13. The molecule has 2 rings (SSSR count). The lowest BCUT2D eigenvalue weighted by atomic mass is 10.1. The highest BCUT2D eigenvalue weighted by Gasteiger charge is 2.38. The first-order chi connectivity index (χ1) is 7.20. The van der Waals surface area contributed by atoms with E-state index in [1.165, 1.54) is 0 Å². The standard InChI is InChI=1S/C10H17NO4/c1-2-7(12)9-4-3-8(15-9)6-5-14-10(13)11-6/h6-9,12H,2-5H2,1H3,(H,11,13)/t6-,7-,8-,9+/m1/s1. The molecule has 15 heavy (non-hydrogen) atoms. The topological polar surface area (TPSA) is 67.8 Å². The van der Waals surface area contributed by atoms with Crippen molar-refractivity contribution in [2.45, 2.75) is 50.5 Å². The van der Waals surface area contributed by atoms with Crippen molar-refractivity contribution < 1.29 is 19.4 Å². The lowest BCUT2D eigenvalue weighted by molar-refractivity contribution is -0.0442. The van der Waals surface area contributed by atoms with Gasteiger partial charge in [-0.15, -0.1) is 0 Å². The van der Waals surface area contributed by atoms with Crippen LogP contribution in [0.5, 0.6) is 0 Å². The number of aliphatic hydroxyl groups is 1. The van der Waals surface area contributed by atoms with Crippen LogP contribution in [0.3, 0.4) is 0 Å². The van der Waals surface area contributed by atoms with Crippen LogP contribution >= 0.6 is 0 Å². The fourth-order valence-corrected chi connectivity index (χ4v) is 2.13. The number of carbonyl (C=O) groups is 1. The number of aliphatic hydroxyl groups excluding tert-OH is 1. The summed E-state index contributed by atoms with van der Waals surface area (Å²) in [7, 11) is 0. The van der Waals surface area contributed by atoms with Crippen LogP contribution in [0.4, 0.5) is 4.79 Å². The number of carbonyl (C=O) groups excluding carboxylic acids is 1. The van der Waals surface area contributed by atoms with Gasteiger partial charge in [0.25, 0.3) is 0 Å². The van der Waals surface area contributed by atoms with Crippen LogP contribution in [0.1, 0.15) is 26.2 Å². The molecule has 2 saturated heterocycles. The minimum atomic E-state index is -0.395. The zero-order chi connectivity index (χ0) is 10.8. The molecule has 2 aliphatic heterocycles. The molecule has 0 aromatic heterocycles. The first-order valence-electron chi connectivity index (χ1n) is 5.47. The van der Waals surface area contributed by atoms with Crippen molar-refractivity contribution in [1.29, 1.82) is 0 Å². The zero-order valence-corrected chi connectivity index (χ0v) is 8.81. The molecule has 4 atom stereocenters. The molecule has 0 spiro atoms. The lowest BCUT2D eigenvalue weighted by Crippen LogP contribution is -2.39. The van der Waals surface area contributed by atoms with Gasteiger partial charge in [0.15, 0.2) is 0 Å². The lowest BCUT2D eigenvalue weighted by Gasteiger charge is -2.20. The number of alkyl carbamates (subject to hydrolysis) is 1. The van der Waals surface area contributed by atoms with Gasteiger partial charge in [-0.3, -0.25) is 0 Å². The molecular formula is C10H17NO4. The summed E-state index contributed by atoms with van der Waals surface area (Å²) in [5.74, 6) is 0. The van der Waals surface area contributed by atoms with Crippen LogP contribution < -0.4 is 5.32 Å². The summed E-state index contributed by atoms with van der Waals surface area (Å²) in [5, 5.41) is 12.3. The van der Waals surface area contributed by atoms with E-state index in [4.69, 9.17) is 9.47 Å². The zero-order valence-electron chi connectivity index (χ0n) is 8.81. The summed E-state index contributed by atoms with van der Waals surface area (Å²) in [6.45, 7) is 2.31. The number of amides is 1. The summed E-state index contributed by atoms with van der Waals surface area (Å²) in [6.07, 6.45) is 1.56. The maximum Gasteiger partial charge on any atom is 0.407 e. The number of rotatable bonds is 3. The third-order valence-electron chi connectivity index (χ3n) is 3.08. The van der Waals surface area contributed by atoms with Crippen molar-refractivity contribution in [2.24, 2.45) is 0 Å². The third kappa shape index (κ3) is 2.23. The molecule has 0 radical (unpaired) electrons. The van der Waals surface area contributed by atoms with E-state index >= 15 is 0 Å². The molecule has 0 saturated carbocycles. The molecule has 2 fully saturated rings. The summed E-state index contributed by atoms with van der Waals surface area (Å²) in [6, 6.07) is -0.0495. The normalized spacial score (nSPS) is 37.5. The summed E-state index contributed by atoms with van der Waals surface area (Å²) < 4.78 is 10.5. The highest BCUT2D eigenvalue weighted by Crippen LogP contribution is 2.26. The molecular weight excluding hydrogens is 198 g/mol. The maximum absolute atomic E-state index is 10.8. The Hall–Kier alpha value is -0.810. The molecule has 2 N–H and O–H groups in total. The minimum absolute atomic E-state index is 0.0114. The van der Waals surface area contributed by atoms with Gasteiger partial charge >= 0.3 is 6.09 Å². The second-order valence-electron chi connectivity index (χ2n) is 4.12. The highest BCUT2D eigenvalue weighted by atomic mass is 16.6. The van der Waals surface area contributed by atoms with Gasteiger partial charge in [0.2, 0.25) is 0 Å². The van der Waals surface area contributed by atoms with Crippen molar-refractivity contribution >= 4 is 6.09 Å². The van der Waals surface area contributed by atoms with Gasteiger partial charge in [0.05, 0.1) is 24.4 Å². The van der Waals surface area contributed by atoms with E-state index in [-0.39, 0.29) is 24.3 Å². The molecule has 0 aromatic carbocycles. The second-order valence-corrected chi connectivity index (χ2v) is 4.12. The van der Waals surface area contributed by atoms with Crippen LogP contribution in [-0.4, -0.2) is 42.2 Å². The number of hydrogen-bond acceptors (Lipinski definition) is 4.